The summed E-state index contributed by atoms with van der Waals surface area (Å²) in [6, 6.07) is 8.53. The summed E-state index contributed by atoms with van der Waals surface area (Å²) in [4.78, 5) is 0. The van der Waals surface area contributed by atoms with Crippen LogP contribution in [0, 0.1) is 17.6 Å². The minimum Gasteiger partial charge on any atom is -0.489 e. The molecule has 0 radical (unpaired) electrons. The van der Waals surface area contributed by atoms with E-state index in [2.05, 4.69) is 12.3 Å². The minimum atomic E-state index is -4.68. The van der Waals surface area contributed by atoms with Crippen LogP contribution in [-0.2, 0) is 6.18 Å². The van der Waals surface area contributed by atoms with E-state index in [0.29, 0.717) is 30.2 Å². The molecule has 0 amide bonds. The Morgan fingerprint density at radius 1 is 1.12 bits per heavy atom. The van der Waals surface area contributed by atoms with Gasteiger partial charge >= 0.3 is 6.18 Å². The highest BCUT2D eigenvalue weighted by atomic mass is 19.4. The maximum Gasteiger partial charge on any atom is 0.417 e. The lowest BCUT2D eigenvalue weighted by atomic mass is 9.92. The van der Waals surface area contributed by atoms with Crippen molar-refractivity contribution in [2.75, 3.05) is 6.61 Å². The highest BCUT2D eigenvalue weighted by Crippen LogP contribution is 2.36. The van der Waals surface area contributed by atoms with E-state index < -0.39 is 17.6 Å². The van der Waals surface area contributed by atoms with E-state index in [0.717, 1.165) is 23.3 Å². The van der Waals surface area contributed by atoms with E-state index in [9.17, 15) is 22.0 Å². The number of halogens is 5. The number of alkyl halides is 3. The molecule has 2 aromatic rings. The van der Waals surface area contributed by atoms with Crippen LogP contribution in [-0.4, -0.2) is 6.61 Å². The monoisotopic (exact) mass is 458 g/mol. The third-order valence-electron chi connectivity index (χ3n) is 5.17. The molecule has 1 aliphatic carbocycles. The van der Waals surface area contributed by atoms with Crippen LogP contribution >= 0.6 is 0 Å². The van der Waals surface area contributed by atoms with Gasteiger partial charge in [-0.1, -0.05) is 30.9 Å². The van der Waals surface area contributed by atoms with Crippen LogP contribution in [0.3, 0.4) is 0 Å². The van der Waals surface area contributed by atoms with Crippen LogP contribution in [0.15, 0.2) is 90.2 Å². The molecule has 1 atom stereocenters. The SMILES string of the molecule is C=C1C=C=C/C(c2ccc(F)cc2C(F)(F)F)=C\CCC1/C=C(\C)COc1cccc(F)c1. The number of ether oxygens (including phenoxy) is 1. The van der Waals surface area contributed by atoms with Gasteiger partial charge in [0.25, 0.3) is 0 Å². The standard InChI is InChI=1S/C27H23F5O/c1-18(17-33-24-11-5-10-22(28)15-24)14-21-9-4-8-20(7-3-6-19(21)2)25-13-12-23(29)16-26(25)27(30,31)32/h5-8,10-16,21H,2,4,9,17H2,1H3/b18-14+,20-8+. The lowest BCUT2D eigenvalue weighted by Gasteiger charge is -2.15. The van der Waals surface area contributed by atoms with Gasteiger partial charge in [-0.05, 0) is 78.5 Å². The van der Waals surface area contributed by atoms with Gasteiger partial charge in [-0.25, -0.2) is 8.78 Å². The minimum absolute atomic E-state index is 0.0760. The van der Waals surface area contributed by atoms with Crippen molar-refractivity contribution in [2.45, 2.75) is 25.9 Å². The summed E-state index contributed by atoms with van der Waals surface area (Å²) in [6.45, 7) is 6.21. The van der Waals surface area contributed by atoms with Crippen LogP contribution in [0.2, 0.25) is 0 Å². The van der Waals surface area contributed by atoms with E-state index in [1.165, 1.54) is 18.2 Å². The first-order chi connectivity index (χ1) is 15.6. The number of hydrogen-bond donors (Lipinski definition) is 0. The van der Waals surface area contributed by atoms with Gasteiger partial charge in [0.1, 0.15) is 24.0 Å². The molecule has 2 aromatic carbocycles. The van der Waals surface area contributed by atoms with Gasteiger partial charge in [-0.2, -0.15) is 13.2 Å². The Morgan fingerprint density at radius 3 is 2.61 bits per heavy atom. The molecule has 0 aromatic heterocycles. The van der Waals surface area contributed by atoms with Crippen molar-refractivity contribution in [3.8, 4) is 5.75 Å². The zero-order valence-corrected chi connectivity index (χ0v) is 18.1. The fourth-order valence-electron chi connectivity index (χ4n) is 3.53. The molecule has 1 aliphatic rings. The van der Waals surface area contributed by atoms with Gasteiger partial charge in [0.2, 0.25) is 0 Å². The molecule has 0 aliphatic heterocycles. The van der Waals surface area contributed by atoms with E-state index in [-0.39, 0.29) is 23.9 Å². The maximum atomic E-state index is 13.5. The third-order valence-corrected chi connectivity index (χ3v) is 5.17. The third kappa shape index (κ3) is 6.80. The molecule has 1 unspecified atom stereocenters. The van der Waals surface area contributed by atoms with Crippen molar-refractivity contribution < 1.29 is 26.7 Å². The summed E-state index contributed by atoms with van der Waals surface area (Å²) in [5, 5.41) is 0. The Hall–Kier alpha value is -3.37. The predicted molar refractivity (Wildman–Crippen MR) is 120 cm³/mol. The second-order valence-corrected chi connectivity index (χ2v) is 7.82. The highest BCUT2D eigenvalue weighted by Gasteiger charge is 2.34. The lowest BCUT2D eigenvalue weighted by molar-refractivity contribution is -0.137. The first kappa shape index (κ1) is 24.3. The smallest absolute Gasteiger partial charge is 0.417 e. The van der Waals surface area contributed by atoms with E-state index >= 15 is 0 Å². The zero-order valence-electron chi connectivity index (χ0n) is 18.1. The summed E-state index contributed by atoms with van der Waals surface area (Å²) in [6.07, 6.45) is 3.18. The first-order valence-electron chi connectivity index (χ1n) is 10.4. The van der Waals surface area contributed by atoms with Crippen molar-refractivity contribution in [3.63, 3.8) is 0 Å². The Labute approximate surface area is 189 Å². The Balaban J connectivity index is 1.78. The van der Waals surface area contributed by atoms with Gasteiger partial charge in [0, 0.05) is 12.0 Å². The summed E-state index contributed by atoms with van der Waals surface area (Å²) >= 11 is 0. The van der Waals surface area contributed by atoms with Crippen molar-refractivity contribution in [3.05, 3.63) is 113 Å². The van der Waals surface area contributed by atoms with Gasteiger partial charge in [-0.3, -0.25) is 0 Å². The number of benzene rings is 2. The molecular formula is C27H23F5O. The molecule has 33 heavy (non-hydrogen) atoms. The Kier molecular flexibility index (Phi) is 7.72. The van der Waals surface area contributed by atoms with Crippen LogP contribution in [0.25, 0.3) is 5.57 Å². The predicted octanol–water partition coefficient (Wildman–Crippen LogP) is 8.07. The molecule has 0 spiro atoms. The van der Waals surface area contributed by atoms with E-state index in [4.69, 9.17) is 4.74 Å². The van der Waals surface area contributed by atoms with Crippen molar-refractivity contribution >= 4 is 5.57 Å². The quantitative estimate of drug-likeness (QED) is 0.250. The largest absolute Gasteiger partial charge is 0.489 e. The average Bonchev–Trinajstić information content (AvgIpc) is 2.83. The molecule has 172 valence electrons. The summed E-state index contributed by atoms with van der Waals surface area (Å²) in [5.41, 5.74) is 3.77. The van der Waals surface area contributed by atoms with Gasteiger partial charge in [0.05, 0.1) is 5.56 Å². The maximum absolute atomic E-state index is 13.5. The van der Waals surface area contributed by atoms with Crippen LogP contribution in [0.5, 0.6) is 5.75 Å². The van der Waals surface area contributed by atoms with Crippen LogP contribution in [0.4, 0.5) is 22.0 Å². The molecule has 0 heterocycles. The fraction of sp³-hybridized carbons (Fsp3) is 0.222. The van der Waals surface area contributed by atoms with E-state index in [1.54, 1.807) is 24.3 Å². The van der Waals surface area contributed by atoms with E-state index in [1.807, 2.05) is 13.0 Å². The zero-order chi connectivity index (χ0) is 24.0. The molecule has 6 heteroatoms. The van der Waals surface area contributed by atoms with Gasteiger partial charge in [0.15, 0.2) is 0 Å². The second-order valence-electron chi connectivity index (χ2n) is 7.82. The summed E-state index contributed by atoms with van der Waals surface area (Å²) in [5.74, 6) is -0.976. The van der Waals surface area contributed by atoms with Crippen LogP contribution in [0.1, 0.15) is 30.9 Å². The number of allylic oxidation sites excluding steroid dienone is 5. The molecule has 0 fully saturated rings. The van der Waals surface area contributed by atoms with Crippen molar-refractivity contribution in [2.24, 2.45) is 5.92 Å². The van der Waals surface area contributed by atoms with Crippen molar-refractivity contribution in [1.82, 2.24) is 0 Å². The van der Waals surface area contributed by atoms with Crippen molar-refractivity contribution in [1.29, 1.82) is 0 Å². The lowest BCUT2D eigenvalue weighted by Crippen LogP contribution is -2.09. The first-order valence-corrected chi connectivity index (χ1v) is 10.4. The normalized spacial score (nSPS) is 18.8. The van der Waals surface area contributed by atoms with Gasteiger partial charge < -0.3 is 4.74 Å². The summed E-state index contributed by atoms with van der Waals surface area (Å²) < 4.78 is 72.7. The second kappa shape index (κ2) is 10.5. The number of hydrogen-bond acceptors (Lipinski definition) is 1. The molecular weight excluding hydrogens is 435 g/mol. The Morgan fingerprint density at radius 2 is 1.88 bits per heavy atom. The molecule has 0 N–H and O–H groups in total. The molecule has 0 saturated carbocycles. The van der Waals surface area contributed by atoms with Gasteiger partial charge in [-0.15, -0.1) is 5.73 Å². The topological polar surface area (TPSA) is 9.23 Å². The molecule has 0 bridgehead atoms. The highest BCUT2D eigenvalue weighted by molar-refractivity contribution is 5.76. The van der Waals surface area contributed by atoms with Crippen LogP contribution < -0.4 is 4.74 Å². The fourth-order valence-corrected chi connectivity index (χ4v) is 3.53. The molecule has 0 saturated heterocycles. The summed E-state index contributed by atoms with van der Waals surface area (Å²) in [7, 11) is 0. The average molecular weight is 458 g/mol. The molecule has 1 nitrogen and oxygen atoms in total. The Bertz CT molecular complexity index is 1150. The molecule has 3 rings (SSSR count). The number of rotatable bonds is 5.